The van der Waals surface area contributed by atoms with Gasteiger partial charge in [0.15, 0.2) is 0 Å². The molecule has 0 aliphatic heterocycles. The molecule has 1 N–H and O–H groups in total. The van der Waals surface area contributed by atoms with Crippen molar-refractivity contribution in [2.45, 2.75) is 4.90 Å². The van der Waals surface area contributed by atoms with Gasteiger partial charge in [-0.2, -0.15) is 38.4 Å². The van der Waals surface area contributed by atoms with E-state index >= 15 is 0 Å². The van der Waals surface area contributed by atoms with E-state index < -0.39 is 10.1 Å². The van der Waals surface area contributed by atoms with Crippen LogP contribution in [0, 0.1) is 0 Å². The molecule has 0 bridgehead atoms. The summed E-state index contributed by atoms with van der Waals surface area (Å²) in [7, 11) is -4.43. The topological polar surface area (TPSA) is 116 Å². The Morgan fingerprint density at radius 1 is 0.750 bits per heavy atom. The molecule has 0 saturated carbocycles. The van der Waals surface area contributed by atoms with Crippen LogP contribution < -0.4 is 0 Å². The van der Waals surface area contributed by atoms with Gasteiger partial charge in [0.05, 0.1) is 36.2 Å². The van der Waals surface area contributed by atoms with Crippen LogP contribution in [-0.2, 0) is 10.1 Å². The van der Waals surface area contributed by atoms with Crippen molar-refractivity contribution in [2.24, 2.45) is 0 Å². The molecule has 140 valence electrons. The Hall–Kier alpha value is -3.63. The lowest BCUT2D eigenvalue weighted by Crippen LogP contribution is -2.05. The molecule has 0 fully saturated rings. The maximum absolute atomic E-state index is 11.8. The van der Waals surface area contributed by atoms with Gasteiger partial charge >= 0.3 is 0 Å². The summed E-state index contributed by atoms with van der Waals surface area (Å²) in [5.41, 5.74) is 2.41. The standard InChI is InChI=1S/C18H14N6O3S/c25-28(26,27)18-13-17(24-21-11-12-22-24)8-5-15(18)4-1-14-2-6-16(7-3-14)23-19-9-10-20-23/h1-13H,(H,25,26,27). The summed E-state index contributed by atoms with van der Waals surface area (Å²) in [6.07, 6.45) is 9.49. The van der Waals surface area contributed by atoms with E-state index in [9.17, 15) is 13.0 Å². The molecule has 4 rings (SSSR count). The lowest BCUT2D eigenvalue weighted by Gasteiger charge is -2.06. The average Bonchev–Trinajstić information content (AvgIpc) is 3.40. The molecule has 0 aliphatic rings. The monoisotopic (exact) mass is 394 g/mol. The molecular formula is C18H14N6O3S. The van der Waals surface area contributed by atoms with Gasteiger partial charge in [-0.25, -0.2) is 0 Å². The van der Waals surface area contributed by atoms with E-state index in [1.54, 1.807) is 36.7 Å². The lowest BCUT2D eigenvalue weighted by molar-refractivity contribution is 0.483. The lowest BCUT2D eigenvalue weighted by atomic mass is 10.1. The van der Waals surface area contributed by atoms with Crippen molar-refractivity contribution in [1.29, 1.82) is 0 Å². The first kappa shape index (κ1) is 17.8. The van der Waals surface area contributed by atoms with Gasteiger partial charge in [0.25, 0.3) is 10.1 Å². The summed E-state index contributed by atoms with van der Waals surface area (Å²) < 4.78 is 33.2. The van der Waals surface area contributed by atoms with Crippen molar-refractivity contribution >= 4 is 22.3 Å². The normalized spacial score (nSPS) is 11.9. The molecule has 2 heterocycles. The zero-order valence-corrected chi connectivity index (χ0v) is 15.2. The highest BCUT2D eigenvalue weighted by atomic mass is 32.2. The minimum atomic E-state index is -4.43. The highest BCUT2D eigenvalue weighted by molar-refractivity contribution is 7.86. The van der Waals surface area contributed by atoms with Gasteiger partial charge < -0.3 is 0 Å². The van der Waals surface area contributed by atoms with Crippen molar-refractivity contribution in [1.82, 2.24) is 30.0 Å². The molecule has 2 aromatic heterocycles. The van der Waals surface area contributed by atoms with E-state index in [-0.39, 0.29) is 4.90 Å². The van der Waals surface area contributed by atoms with Gasteiger partial charge in [-0.05, 0) is 35.4 Å². The zero-order valence-electron chi connectivity index (χ0n) is 14.4. The predicted molar refractivity (Wildman–Crippen MR) is 101 cm³/mol. The number of aromatic nitrogens is 6. The van der Waals surface area contributed by atoms with Crippen molar-refractivity contribution in [3.63, 3.8) is 0 Å². The van der Waals surface area contributed by atoms with E-state index in [0.29, 0.717) is 11.3 Å². The summed E-state index contributed by atoms with van der Waals surface area (Å²) in [6, 6.07) is 12.0. The number of nitrogens with zero attached hydrogens (tertiary/aromatic N) is 6. The second-order valence-electron chi connectivity index (χ2n) is 5.76. The summed E-state index contributed by atoms with van der Waals surface area (Å²) in [5.74, 6) is 0. The van der Waals surface area contributed by atoms with E-state index in [2.05, 4.69) is 20.4 Å². The molecule has 0 unspecified atom stereocenters. The van der Waals surface area contributed by atoms with Gasteiger partial charge in [0.2, 0.25) is 0 Å². The van der Waals surface area contributed by atoms with Gasteiger partial charge in [0, 0.05) is 0 Å². The Kier molecular flexibility index (Phi) is 4.55. The van der Waals surface area contributed by atoms with Crippen molar-refractivity contribution in [3.8, 4) is 11.4 Å². The van der Waals surface area contributed by atoms with Crippen LogP contribution in [0.4, 0.5) is 0 Å². The molecule has 9 nitrogen and oxygen atoms in total. The van der Waals surface area contributed by atoms with Crippen molar-refractivity contribution in [2.75, 3.05) is 0 Å². The van der Waals surface area contributed by atoms with Crippen molar-refractivity contribution in [3.05, 3.63) is 78.4 Å². The minimum absolute atomic E-state index is 0.226. The molecular weight excluding hydrogens is 380 g/mol. The third-order valence-electron chi connectivity index (χ3n) is 3.92. The first-order chi connectivity index (χ1) is 13.5. The molecule has 28 heavy (non-hydrogen) atoms. The van der Waals surface area contributed by atoms with Crippen LogP contribution in [0.3, 0.4) is 0 Å². The van der Waals surface area contributed by atoms with Crippen LogP contribution in [0.15, 0.2) is 72.1 Å². The first-order valence-electron chi connectivity index (χ1n) is 8.14. The number of benzene rings is 2. The Labute approximate surface area is 160 Å². The molecule has 4 aromatic rings. The summed E-state index contributed by atoms with van der Waals surface area (Å²) in [5, 5.41) is 16.0. The van der Waals surface area contributed by atoms with E-state index in [1.807, 2.05) is 24.3 Å². The third kappa shape index (κ3) is 3.72. The van der Waals surface area contributed by atoms with Crippen LogP contribution in [0.25, 0.3) is 23.5 Å². The number of hydrogen-bond acceptors (Lipinski definition) is 6. The fraction of sp³-hybridized carbons (Fsp3) is 0. The Morgan fingerprint density at radius 3 is 1.86 bits per heavy atom. The van der Waals surface area contributed by atoms with Crippen LogP contribution in [0.1, 0.15) is 11.1 Å². The second kappa shape index (κ2) is 7.18. The van der Waals surface area contributed by atoms with Gasteiger partial charge in [-0.1, -0.05) is 30.4 Å². The molecule has 0 aliphatic carbocycles. The van der Waals surface area contributed by atoms with E-state index in [1.165, 1.54) is 28.1 Å². The number of hydrogen-bond donors (Lipinski definition) is 1. The van der Waals surface area contributed by atoms with Gasteiger partial charge in [0.1, 0.15) is 4.90 Å². The largest absolute Gasteiger partial charge is 0.295 e. The molecule has 0 radical (unpaired) electrons. The summed E-state index contributed by atoms with van der Waals surface area (Å²) >= 11 is 0. The van der Waals surface area contributed by atoms with E-state index in [0.717, 1.165) is 11.3 Å². The smallest absolute Gasteiger partial charge is 0.282 e. The molecule has 10 heteroatoms. The Bertz CT molecular complexity index is 1220. The van der Waals surface area contributed by atoms with Crippen LogP contribution >= 0.6 is 0 Å². The summed E-state index contributed by atoms with van der Waals surface area (Å²) in [4.78, 5) is 2.53. The fourth-order valence-electron chi connectivity index (χ4n) is 2.61. The Balaban J connectivity index is 1.65. The SMILES string of the molecule is O=S(=O)(O)c1cc(-n2nccn2)ccc1C=Cc1ccc(-n2nccn2)cc1. The van der Waals surface area contributed by atoms with Crippen LogP contribution in [0.2, 0.25) is 0 Å². The Morgan fingerprint density at radius 2 is 1.29 bits per heavy atom. The second-order valence-corrected chi connectivity index (χ2v) is 7.15. The highest BCUT2D eigenvalue weighted by Crippen LogP contribution is 2.22. The zero-order chi connectivity index (χ0) is 19.6. The predicted octanol–water partition coefficient (Wildman–Crippen LogP) is 2.27. The quantitative estimate of drug-likeness (QED) is 0.408. The fourth-order valence-corrected chi connectivity index (χ4v) is 3.32. The molecule has 2 aromatic carbocycles. The van der Waals surface area contributed by atoms with Crippen LogP contribution in [0.5, 0.6) is 0 Å². The molecule has 0 atom stereocenters. The summed E-state index contributed by atoms with van der Waals surface area (Å²) in [6.45, 7) is 0. The molecule has 0 amide bonds. The number of rotatable bonds is 5. The molecule has 0 spiro atoms. The van der Waals surface area contributed by atoms with Crippen molar-refractivity contribution < 1.29 is 13.0 Å². The maximum atomic E-state index is 11.8. The van der Waals surface area contributed by atoms with Crippen LogP contribution in [-0.4, -0.2) is 43.0 Å². The molecule has 0 saturated heterocycles. The maximum Gasteiger partial charge on any atom is 0.295 e. The van der Waals surface area contributed by atoms with Gasteiger partial charge in [-0.15, -0.1) is 0 Å². The van der Waals surface area contributed by atoms with Gasteiger partial charge in [-0.3, -0.25) is 4.55 Å². The highest BCUT2D eigenvalue weighted by Gasteiger charge is 2.16. The third-order valence-corrected chi connectivity index (χ3v) is 4.83. The minimum Gasteiger partial charge on any atom is -0.282 e. The average molecular weight is 394 g/mol. The van der Waals surface area contributed by atoms with E-state index in [4.69, 9.17) is 0 Å². The first-order valence-corrected chi connectivity index (χ1v) is 9.58.